The molecule has 2 aromatic rings. The number of carbonyl (C=O) groups is 2. The standard InChI is InChI=1S/C20H21N3O5S/c1-13-8-9-14(2)17(10-13)23-20(25)15(3)28-19(24)12-22-29(26,27)18-7-5-4-6-16(18)11-21/h4-10,15,22H,12H2,1-3H3,(H,23,25)/t15-/m0/s1. The summed E-state index contributed by atoms with van der Waals surface area (Å²) in [5.41, 5.74) is 2.37. The second kappa shape index (κ2) is 9.32. The van der Waals surface area contributed by atoms with Gasteiger partial charge < -0.3 is 10.1 Å². The van der Waals surface area contributed by atoms with Crippen LogP contribution in [0.5, 0.6) is 0 Å². The van der Waals surface area contributed by atoms with Crippen LogP contribution < -0.4 is 10.0 Å². The van der Waals surface area contributed by atoms with Crippen LogP contribution in [0, 0.1) is 25.2 Å². The van der Waals surface area contributed by atoms with Crippen LogP contribution in [0.2, 0.25) is 0 Å². The molecule has 0 aromatic heterocycles. The fourth-order valence-corrected chi connectivity index (χ4v) is 3.55. The summed E-state index contributed by atoms with van der Waals surface area (Å²) in [4.78, 5) is 24.0. The van der Waals surface area contributed by atoms with Gasteiger partial charge in [0.2, 0.25) is 10.0 Å². The van der Waals surface area contributed by atoms with Crippen LogP contribution in [-0.2, 0) is 24.3 Å². The predicted octanol–water partition coefficient (Wildman–Crippen LogP) is 2.02. The topological polar surface area (TPSA) is 125 Å². The van der Waals surface area contributed by atoms with E-state index in [1.54, 1.807) is 12.1 Å². The van der Waals surface area contributed by atoms with Gasteiger partial charge >= 0.3 is 5.97 Å². The van der Waals surface area contributed by atoms with Crippen LogP contribution in [0.15, 0.2) is 47.4 Å². The number of ether oxygens (including phenoxy) is 1. The molecule has 0 heterocycles. The fraction of sp³-hybridized carbons (Fsp3) is 0.250. The first-order chi connectivity index (χ1) is 13.6. The minimum Gasteiger partial charge on any atom is -0.452 e. The van der Waals surface area contributed by atoms with E-state index in [-0.39, 0.29) is 10.5 Å². The molecule has 2 aromatic carbocycles. The Morgan fingerprint density at radius 3 is 2.55 bits per heavy atom. The highest BCUT2D eigenvalue weighted by Gasteiger charge is 2.22. The highest BCUT2D eigenvalue weighted by molar-refractivity contribution is 7.89. The number of hydrogen-bond acceptors (Lipinski definition) is 6. The first kappa shape index (κ1) is 22.1. The van der Waals surface area contributed by atoms with Crippen LogP contribution in [0.3, 0.4) is 0 Å². The minimum atomic E-state index is -4.09. The Labute approximate surface area is 169 Å². The molecule has 1 amide bonds. The molecule has 2 rings (SSSR count). The number of aryl methyl sites for hydroxylation is 2. The van der Waals surface area contributed by atoms with Crippen LogP contribution >= 0.6 is 0 Å². The quantitative estimate of drug-likeness (QED) is 0.667. The Hall–Kier alpha value is -3.22. The number of esters is 1. The number of sulfonamides is 1. The maximum atomic E-state index is 12.3. The monoisotopic (exact) mass is 415 g/mol. The van der Waals surface area contributed by atoms with E-state index in [1.165, 1.54) is 31.2 Å². The molecular formula is C20H21N3O5S. The van der Waals surface area contributed by atoms with E-state index in [2.05, 4.69) is 10.0 Å². The molecule has 0 aliphatic rings. The van der Waals surface area contributed by atoms with Crippen molar-refractivity contribution in [1.29, 1.82) is 5.26 Å². The molecule has 0 saturated heterocycles. The van der Waals surface area contributed by atoms with Crippen molar-refractivity contribution in [2.45, 2.75) is 31.8 Å². The molecule has 8 nitrogen and oxygen atoms in total. The summed E-state index contributed by atoms with van der Waals surface area (Å²) in [5.74, 6) is -1.46. The molecule has 0 fully saturated rings. The number of amides is 1. The zero-order valence-electron chi connectivity index (χ0n) is 16.2. The number of carbonyl (C=O) groups excluding carboxylic acids is 2. The molecular weight excluding hydrogens is 394 g/mol. The van der Waals surface area contributed by atoms with Crippen molar-refractivity contribution in [1.82, 2.24) is 4.72 Å². The number of nitrogens with zero attached hydrogens (tertiary/aromatic N) is 1. The van der Waals surface area contributed by atoms with Gasteiger partial charge in [-0.1, -0.05) is 24.3 Å². The van der Waals surface area contributed by atoms with Crippen molar-refractivity contribution < 1.29 is 22.7 Å². The van der Waals surface area contributed by atoms with Gasteiger partial charge in [0.15, 0.2) is 6.10 Å². The number of anilines is 1. The van der Waals surface area contributed by atoms with Gasteiger partial charge in [0.1, 0.15) is 12.6 Å². The minimum absolute atomic E-state index is 0.0466. The molecule has 0 aliphatic carbocycles. The predicted molar refractivity (Wildman–Crippen MR) is 106 cm³/mol. The van der Waals surface area contributed by atoms with Gasteiger partial charge in [-0.15, -0.1) is 0 Å². The zero-order chi connectivity index (χ0) is 21.6. The summed E-state index contributed by atoms with van der Waals surface area (Å²) in [6.07, 6.45) is -1.13. The zero-order valence-corrected chi connectivity index (χ0v) is 17.0. The van der Waals surface area contributed by atoms with Crippen molar-refractivity contribution in [2.24, 2.45) is 0 Å². The summed E-state index contributed by atoms with van der Waals surface area (Å²) < 4.78 is 31.7. The second-order valence-corrected chi connectivity index (χ2v) is 8.11. The van der Waals surface area contributed by atoms with E-state index in [0.717, 1.165) is 11.1 Å². The van der Waals surface area contributed by atoms with Gasteiger partial charge in [-0.2, -0.15) is 9.98 Å². The van der Waals surface area contributed by atoms with Crippen LogP contribution in [0.1, 0.15) is 23.6 Å². The Bertz CT molecular complexity index is 1070. The van der Waals surface area contributed by atoms with Gasteiger partial charge in [0, 0.05) is 5.69 Å². The second-order valence-electron chi connectivity index (χ2n) is 6.37. The summed E-state index contributed by atoms with van der Waals surface area (Å²) in [6.45, 7) is 4.43. The smallest absolute Gasteiger partial charge is 0.321 e. The Kier molecular flexibility index (Phi) is 7.09. The van der Waals surface area contributed by atoms with Gasteiger partial charge in [0.25, 0.3) is 5.91 Å². The molecule has 152 valence electrons. The highest BCUT2D eigenvalue weighted by Crippen LogP contribution is 2.17. The van der Waals surface area contributed by atoms with E-state index in [0.29, 0.717) is 5.69 Å². The van der Waals surface area contributed by atoms with Crippen molar-refractivity contribution in [3.05, 3.63) is 59.2 Å². The van der Waals surface area contributed by atoms with Crippen molar-refractivity contribution in [3.8, 4) is 6.07 Å². The first-order valence-corrected chi connectivity index (χ1v) is 10.2. The summed E-state index contributed by atoms with van der Waals surface area (Å²) in [5, 5.41) is 11.7. The van der Waals surface area contributed by atoms with E-state index in [4.69, 9.17) is 10.00 Å². The van der Waals surface area contributed by atoms with Crippen LogP contribution in [0.25, 0.3) is 0 Å². The van der Waals surface area contributed by atoms with E-state index >= 15 is 0 Å². The number of hydrogen-bond donors (Lipinski definition) is 2. The molecule has 0 spiro atoms. The number of nitriles is 1. The molecule has 9 heteroatoms. The Balaban J connectivity index is 1.95. The molecule has 0 saturated carbocycles. The lowest BCUT2D eigenvalue weighted by Crippen LogP contribution is -2.36. The maximum absolute atomic E-state index is 12.3. The molecule has 2 N–H and O–H groups in total. The Morgan fingerprint density at radius 2 is 1.86 bits per heavy atom. The van der Waals surface area contributed by atoms with Crippen molar-refractivity contribution in [3.63, 3.8) is 0 Å². The summed E-state index contributed by atoms with van der Waals surface area (Å²) >= 11 is 0. The molecule has 0 aliphatic heterocycles. The molecule has 29 heavy (non-hydrogen) atoms. The third-order valence-corrected chi connectivity index (χ3v) is 5.49. The summed E-state index contributed by atoms with van der Waals surface area (Å²) in [6, 6.07) is 12.9. The SMILES string of the molecule is Cc1ccc(C)c(NC(=O)[C@H](C)OC(=O)CNS(=O)(=O)c2ccccc2C#N)c1. The van der Waals surface area contributed by atoms with E-state index in [9.17, 15) is 18.0 Å². The summed E-state index contributed by atoms with van der Waals surface area (Å²) in [7, 11) is -4.09. The average molecular weight is 415 g/mol. The number of nitrogens with one attached hydrogen (secondary N) is 2. The van der Waals surface area contributed by atoms with Crippen LogP contribution in [0.4, 0.5) is 5.69 Å². The largest absolute Gasteiger partial charge is 0.452 e. The first-order valence-electron chi connectivity index (χ1n) is 8.70. The van der Waals surface area contributed by atoms with E-state index < -0.39 is 34.5 Å². The average Bonchev–Trinajstić information content (AvgIpc) is 2.69. The fourth-order valence-electron chi connectivity index (χ4n) is 2.42. The van der Waals surface area contributed by atoms with Gasteiger partial charge in [-0.25, -0.2) is 8.42 Å². The molecule has 1 atom stereocenters. The third-order valence-electron chi connectivity index (χ3n) is 4.03. The molecule has 0 radical (unpaired) electrons. The van der Waals surface area contributed by atoms with E-state index in [1.807, 2.05) is 26.0 Å². The van der Waals surface area contributed by atoms with Gasteiger partial charge in [0.05, 0.1) is 10.5 Å². The lowest BCUT2D eigenvalue weighted by Gasteiger charge is -2.15. The number of rotatable bonds is 7. The molecule has 0 bridgehead atoms. The van der Waals surface area contributed by atoms with Gasteiger partial charge in [-0.3, -0.25) is 9.59 Å². The molecule has 0 unspecified atom stereocenters. The lowest BCUT2D eigenvalue weighted by molar-refractivity contribution is -0.151. The Morgan fingerprint density at radius 1 is 1.17 bits per heavy atom. The normalized spacial score (nSPS) is 11.9. The van der Waals surface area contributed by atoms with Gasteiger partial charge in [-0.05, 0) is 50.1 Å². The van der Waals surface area contributed by atoms with Crippen molar-refractivity contribution >= 4 is 27.6 Å². The highest BCUT2D eigenvalue weighted by atomic mass is 32.2. The van der Waals surface area contributed by atoms with Crippen LogP contribution in [-0.4, -0.2) is 32.9 Å². The lowest BCUT2D eigenvalue weighted by atomic mass is 10.1. The van der Waals surface area contributed by atoms with Crippen molar-refractivity contribution in [2.75, 3.05) is 11.9 Å². The maximum Gasteiger partial charge on any atom is 0.321 e. The number of benzene rings is 2. The third kappa shape index (κ3) is 5.88.